The van der Waals surface area contributed by atoms with Crippen LogP contribution in [0.2, 0.25) is 0 Å². The molecule has 8 nitrogen and oxygen atoms in total. The molecule has 0 spiro atoms. The first-order valence-electron chi connectivity index (χ1n) is 7.30. The number of hydrogen-bond acceptors (Lipinski definition) is 6. The molecule has 2 aromatic rings. The number of benzene rings is 1. The molecule has 0 aliphatic carbocycles. The maximum Gasteiger partial charge on any atom is 0.410 e. The van der Waals surface area contributed by atoms with Crippen LogP contribution in [0.3, 0.4) is 0 Å². The Bertz CT molecular complexity index is 808. The second-order valence-electron chi connectivity index (χ2n) is 5.45. The van der Waals surface area contributed by atoms with Gasteiger partial charge in [-0.1, -0.05) is 0 Å². The van der Waals surface area contributed by atoms with Crippen molar-refractivity contribution in [3.05, 3.63) is 30.0 Å². The summed E-state index contributed by atoms with van der Waals surface area (Å²) in [5, 5.41) is 1.42. The normalized spacial score (nSPS) is 17.0. The first-order chi connectivity index (χ1) is 11.5. The number of ether oxygens (including phenoxy) is 3. The van der Waals surface area contributed by atoms with Crippen LogP contribution in [0.5, 0.6) is 11.6 Å². The maximum absolute atomic E-state index is 11.5. The molecule has 1 aliphatic rings. The van der Waals surface area contributed by atoms with Crippen LogP contribution in [0.1, 0.15) is 10.4 Å². The van der Waals surface area contributed by atoms with Crippen LogP contribution < -0.4 is 15.2 Å². The number of cyclic esters (lactones) is 1. The number of carbonyl (C=O) groups excluding carboxylic acids is 2. The van der Waals surface area contributed by atoms with Gasteiger partial charge in [-0.05, 0) is 23.6 Å². The number of methoxy groups -OCH3 is 1. The van der Waals surface area contributed by atoms with E-state index in [-0.39, 0.29) is 24.4 Å². The lowest BCUT2D eigenvalue weighted by molar-refractivity contribution is 0.0996. The number of primary amides is 1. The molecule has 1 atom stereocenters. The number of likely N-dealkylation sites (N-methyl/N-ethyl adjacent to an activating group) is 1. The van der Waals surface area contributed by atoms with Gasteiger partial charge >= 0.3 is 6.09 Å². The van der Waals surface area contributed by atoms with Crippen LogP contribution >= 0.6 is 0 Å². The van der Waals surface area contributed by atoms with Gasteiger partial charge in [0.05, 0.1) is 19.2 Å². The molecule has 0 radical (unpaired) electrons. The number of fused-ring (bicyclic) bond motifs is 1. The fraction of sp³-hybridized carbons (Fsp3) is 0.312. The van der Waals surface area contributed by atoms with Gasteiger partial charge in [0, 0.05) is 18.6 Å². The molecule has 2 N–H and O–H groups in total. The number of nitrogens with zero attached hydrogens (tertiary/aromatic N) is 2. The second kappa shape index (κ2) is 6.23. The summed E-state index contributed by atoms with van der Waals surface area (Å²) in [5.74, 6) is 0.140. The molecule has 0 bridgehead atoms. The van der Waals surface area contributed by atoms with Gasteiger partial charge in [-0.2, -0.15) is 0 Å². The highest BCUT2D eigenvalue weighted by atomic mass is 16.6. The van der Waals surface area contributed by atoms with E-state index in [4.69, 9.17) is 19.9 Å². The van der Waals surface area contributed by atoms with E-state index >= 15 is 0 Å². The summed E-state index contributed by atoms with van der Waals surface area (Å²) in [4.78, 5) is 28.6. The van der Waals surface area contributed by atoms with Crippen molar-refractivity contribution < 1.29 is 23.8 Å². The molecule has 1 saturated heterocycles. The van der Waals surface area contributed by atoms with Crippen molar-refractivity contribution in [2.24, 2.45) is 5.73 Å². The van der Waals surface area contributed by atoms with Crippen LogP contribution in [-0.4, -0.2) is 55.3 Å². The van der Waals surface area contributed by atoms with Crippen molar-refractivity contribution in [2.75, 3.05) is 27.3 Å². The lowest BCUT2D eigenvalue weighted by atomic mass is 10.1. The van der Waals surface area contributed by atoms with E-state index in [2.05, 4.69) is 4.98 Å². The Balaban J connectivity index is 1.88. The third-order valence-electron chi connectivity index (χ3n) is 3.78. The molecule has 2 amide bonds. The largest absolute Gasteiger partial charge is 0.496 e. The molecule has 126 valence electrons. The van der Waals surface area contributed by atoms with Gasteiger partial charge in [-0.15, -0.1) is 0 Å². The zero-order valence-electron chi connectivity index (χ0n) is 13.3. The number of nitrogens with two attached hydrogens (primary N) is 1. The monoisotopic (exact) mass is 331 g/mol. The highest BCUT2D eigenvalue weighted by Crippen LogP contribution is 2.30. The van der Waals surface area contributed by atoms with E-state index in [9.17, 15) is 9.59 Å². The topological polar surface area (TPSA) is 104 Å². The Kier molecular flexibility index (Phi) is 4.11. The Morgan fingerprint density at radius 2 is 2.29 bits per heavy atom. The molecule has 1 aromatic heterocycles. The number of hydrogen-bond donors (Lipinski definition) is 1. The summed E-state index contributed by atoms with van der Waals surface area (Å²) >= 11 is 0. The van der Waals surface area contributed by atoms with Crippen molar-refractivity contribution in [1.82, 2.24) is 9.88 Å². The van der Waals surface area contributed by atoms with Gasteiger partial charge in [0.25, 0.3) is 5.91 Å². The fourth-order valence-electron chi connectivity index (χ4n) is 2.56. The van der Waals surface area contributed by atoms with Crippen LogP contribution in [0, 0.1) is 0 Å². The number of carbonyl (C=O) groups is 2. The summed E-state index contributed by atoms with van der Waals surface area (Å²) < 4.78 is 16.1. The maximum atomic E-state index is 11.5. The number of rotatable bonds is 5. The molecular weight excluding hydrogens is 314 g/mol. The SMILES string of the molecule is COc1cc2c(OC[C@H]3CN(C)C(=O)O3)nccc2cc1C(N)=O. The van der Waals surface area contributed by atoms with E-state index in [0.717, 1.165) is 5.39 Å². The Labute approximate surface area is 138 Å². The van der Waals surface area contributed by atoms with Crippen LogP contribution in [0.4, 0.5) is 4.79 Å². The van der Waals surface area contributed by atoms with Crippen LogP contribution in [0.25, 0.3) is 10.8 Å². The van der Waals surface area contributed by atoms with Gasteiger partial charge in [0.1, 0.15) is 12.4 Å². The highest BCUT2D eigenvalue weighted by Gasteiger charge is 2.29. The number of aromatic nitrogens is 1. The van der Waals surface area contributed by atoms with E-state index < -0.39 is 5.91 Å². The average Bonchev–Trinajstić information content (AvgIpc) is 2.89. The van der Waals surface area contributed by atoms with Crippen LogP contribution in [-0.2, 0) is 4.74 Å². The Hall–Kier alpha value is -3.03. The molecule has 1 aromatic carbocycles. The summed E-state index contributed by atoms with van der Waals surface area (Å²) in [6.07, 6.45) is 0.843. The molecule has 24 heavy (non-hydrogen) atoms. The minimum absolute atomic E-state index is 0.183. The molecular formula is C16H17N3O5. The third-order valence-corrected chi connectivity index (χ3v) is 3.78. The predicted molar refractivity (Wildman–Crippen MR) is 85.2 cm³/mol. The smallest absolute Gasteiger partial charge is 0.410 e. The third kappa shape index (κ3) is 2.90. The van der Waals surface area contributed by atoms with Crippen molar-refractivity contribution >= 4 is 22.8 Å². The zero-order chi connectivity index (χ0) is 17.3. The minimum atomic E-state index is -0.575. The lowest BCUT2D eigenvalue weighted by Crippen LogP contribution is -2.23. The minimum Gasteiger partial charge on any atom is -0.496 e. The van der Waals surface area contributed by atoms with Crippen molar-refractivity contribution in [3.8, 4) is 11.6 Å². The van der Waals surface area contributed by atoms with Crippen molar-refractivity contribution in [1.29, 1.82) is 0 Å². The number of amides is 2. The molecule has 0 saturated carbocycles. The van der Waals surface area contributed by atoms with Gasteiger partial charge in [-0.25, -0.2) is 9.78 Å². The van der Waals surface area contributed by atoms with Gasteiger partial charge in [0.15, 0.2) is 6.10 Å². The van der Waals surface area contributed by atoms with E-state index in [1.54, 1.807) is 31.4 Å². The second-order valence-corrected chi connectivity index (χ2v) is 5.45. The zero-order valence-corrected chi connectivity index (χ0v) is 13.3. The molecule has 0 unspecified atom stereocenters. The molecule has 2 heterocycles. The van der Waals surface area contributed by atoms with Gasteiger partial charge in [-0.3, -0.25) is 4.79 Å². The quantitative estimate of drug-likeness (QED) is 0.882. The van der Waals surface area contributed by atoms with Crippen LogP contribution in [0.15, 0.2) is 24.4 Å². The fourth-order valence-corrected chi connectivity index (χ4v) is 2.56. The molecule has 8 heteroatoms. The molecule has 1 aliphatic heterocycles. The summed E-state index contributed by atoms with van der Waals surface area (Å²) in [5.41, 5.74) is 5.65. The standard InChI is InChI=1S/C16H17N3O5/c1-19-7-10(24-16(19)21)8-23-15-11-6-13(22-2)12(14(17)20)5-9(11)3-4-18-15/h3-6,10H,7-8H2,1-2H3,(H2,17,20)/t10-/m1/s1. The van der Waals surface area contributed by atoms with E-state index in [0.29, 0.717) is 23.6 Å². The van der Waals surface area contributed by atoms with Gasteiger partial charge in [0.2, 0.25) is 5.88 Å². The van der Waals surface area contributed by atoms with Crippen molar-refractivity contribution in [3.63, 3.8) is 0 Å². The first-order valence-corrected chi connectivity index (χ1v) is 7.30. The first kappa shape index (κ1) is 15.9. The lowest BCUT2D eigenvalue weighted by Gasteiger charge is -2.13. The summed E-state index contributed by atoms with van der Waals surface area (Å²) in [6.45, 7) is 0.640. The Morgan fingerprint density at radius 1 is 1.50 bits per heavy atom. The van der Waals surface area contributed by atoms with E-state index in [1.165, 1.54) is 12.0 Å². The van der Waals surface area contributed by atoms with Crippen molar-refractivity contribution in [2.45, 2.75) is 6.10 Å². The number of pyridine rings is 1. The molecule has 3 rings (SSSR count). The predicted octanol–water partition coefficient (Wildman–Crippen LogP) is 1.17. The van der Waals surface area contributed by atoms with E-state index in [1.807, 2.05) is 0 Å². The van der Waals surface area contributed by atoms with Gasteiger partial charge < -0.3 is 24.8 Å². The average molecular weight is 331 g/mol. The summed E-state index contributed by atoms with van der Waals surface area (Å²) in [7, 11) is 3.12. The summed E-state index contributed by atoms with van der Waals surface area (Å²) in [6, 6.07) is 5.04. The molecule has 1 fully saturated rings. The Morgan fingerprint density at radius 3 is 2.92 bits per heavy atom. The highest BCUT2D eigenvalue weighted by molar-refractivity contribution is 6.01.